The molecule has 84 valence electrons. The molecule has 0 amide bonds. The third kappa shape index (κ3) is 3.07. The molecule has 2 nitrogen and oxygen atoms in total. The molecule has 0 spiro atoms. The summed E-state index contributed by atoms with van der Waals surface area (Å²) in [6.45, 7) is 2.64. The van der Waals surface area contributed by atoms with Crippen LogP contribution >= 0.6 is 23.1 Å². The van der Waals surface area contributed by atoms with E-state index < -0.39 is 0 Å². The van der Waals surface area contributed by atoms with E-state index in [0.717, 1.165) is 11.4 Å². The Balaban J connectivity index is 1.94. The van der Waals surface area contributed by atoms with E-state index in [1.165, 1.54) is 15.5 Å². The van der Waals surface area contributed by atoms with Crippen molar-refractivity contribution in [2.24, 2.45) is 5.73 Å². The van der Waals surface area contributed by atoms with Gasteiger partial charge in [-0.15, -0.1) is 23.1 Å². The van der Waals surface area contributed by atoms with Gasteiger partial charge < -0.3 is 5.73 Å². The van der Waals surface area contributed by atoms with Crippen LogP contribution in [0.15, 0.2) is 34.5 Å². The average Bonchev–Trinajstić information content (AvgIpc) is 2.73. The fourth-order valence-electron chi connectivity index (χ4n) is 1.34. The van der Waals surface area contributed by atoms with Crippen LogP contribution in [0.3, 0.4) is 0 Å². The number of rotatable bonds is 4. The summed E-state index contributed by atoms with van der Waals surface area (Å²) in [4.78, 5) is 5.71. The number of nitrogens with zero attached hydrogens (tertiary/aromatic N) is 1. The first kappa shape index (κ1) is 11.6. The van der Waals surface area contributed by atoms with E-state index in [1.807, 2.05) is 18.7 Å². The minimum absolute atomic E-state index is 0.608. The summed E-state index contributed by atoms with van der Waals surface area (Å²) in [6, 6.07) is 8.39. The Morgan fingerprint density at radius 3 is 2.62 bits per heavy atom. The maximum absolute atomic E-state index is 5.55. The van der Waals surface area contributed by atoms with E-state index in [9.17, 15) is 0 Å². The van der Waals surface area contributed by atoms with Crippen LogP contribution in [0.25, 0.3) is 0 Å². The Hall–Kier alpha value is -0.840. The number of aryl methyl sites for hydroxylation is 1. The van der Waals surface area contributed by atoms with Gasteiger partial charge in [-0.3, -0.25) is 0 Å². The molecule has 0 aliphatic heterocycles. The van der Waals surface area contributed by atoms with Crippen molar-refractivity contribution in [1.29, 1.82) is 0 Å². The molecule has 1 heterocycles. The van der Waals surface area contributed by atoms with Crippen LogP contribution in [0, 0.1) is 6.92 Å². The molecule has 0 fully saturated rings. The second-order valence-electron chi connectivity index (χ2n) is 3.52. The lowest BCUT2D eigenvalue weighted by molar-refractivity contribution is 1.07. The van der Waals surface area contributed by atoms with E-state index >= 15 is 0 Å². The highest BCUT2D eigenvalue weighted by Crippen LogP contribution is 2.24. The fourth-order valence-corrected chi connectivity index (χ4v) is 3.02. The number of hydrogen-bond acceptors (Lipinski definition) is 4. The Morgan fingerprint density at radius 2 is 2.06 bits per heavy atom. The molecule has 2 N–H and O–H groups in total. The molecular formula is C12H14N2S2. The lowest BCUT2D eigenvalue weighted by Gasteiger charge is -2.00. The number of aromatic nitrogens is 1. The third-order valence-electron chi connectivity index (χ3n) is 2.19. The molecule has 0 saturated heterocycles. The number of benzene rings is 1. The SMILES string of the molecule is Cc1csc(CSc2ccc(CN)cc2)n1. The van der Waals surface area contributed by atoms with Gasteiger partial charge in [-0.2, -0.15) is 0 Å². The molecule has 1 aromatic carbocycles. The first-order valence-corrected chi connectivity index (χ1v) is 6.97. The van der Waals surface area contributed by atoms with Crippen LogP contribution in [0.1, 0.15) is 16.3 Å². The number of nitrogens with two attached hydrogens (primary N) is 1. The minimum Gasteiger partial charge on any atom is -0.326 e. The predicted octanol–water partition coefficient (Wildman–Crippen LogP) is 3.20. The molecule has 2 aromatic rings. The Labute approximate surface area is 104 Å². The van der Waals surface area contributed by atoms with E-state index in [-0.39, 0.29) is 0 Å². The van der Waals surface area contributed by atoms with Crippen molar-refractivity contribution in [3.63, 3.8) is 0 Å². The lowest BCUT2D eigenvalue weighted by Crippen LogP contribution is -1.94. The molecule has 0 saturated carbocycles. The minimum atomic E-state index is 0.608. The molecule has 16 heavy (non-hydrogen) atoms. The number of thioether (sulfide) groups is 1. The van der Waals surface area contributed by atoms with Gasteiger partial charge in [0.2, 0.25) is 0 Å². The quantitative estimate of drug-likeness (QED) is 0.847. The fraction of sp³-hybridized carbons (Fsp3) is 0.250. The van der Waals surface area contributed by atoms with Crippen LogP contribution in [-0.4, -0.2) is 4.98 Å². The number of thiazole rings is 1. The smallest absolute Gasteiger partial charge is 0.103 e. The summed E-state index contributed by atoms with van der Waals surface area (Å²) in [6.07, 6.45) is 0. The van der Waals surface area contributed by atoms with Crippen molar-refractivity contribution in [3.05, 3.63) is 45.9 Å². The molecule has 0 aliphatic carbocycles. The van der Waals surface area contributed by atoms with Gasteiger partial charge in [-0.25, -0.2) is 4.98 Å². The monoisotopic (exact) mass is 250 g/mol. The Kier molecular flexibility index (Phi) is 3.98. The summed E-state index contributed by atoms with van der Waals surface area (Å²) in [5.41, 5.74) is 7.84. The molecule has 0 unspecified atom stereocenters. The van der Waals surface area contributed by atoms with E-state index in [0.29, 0.717) is 6.54 Å². The van der Waals surface area contributed by atoms with Crippen molar-refractivity contribution in [2.45, 2.75) is 24.1 Å². The van der Waals surface area contributed by atoms with Gasteiger partial charge in [0.05, 0.1) is 5.75 Å². The van der Waals surface area contributed by atoms with Gasteiger partial charge >= 0.3 is 0 Å². The first-order valence-electron chi connectivity index (χ1n) is 5.11. The van der Waals surface area contributed by atoms with Crippen LogP contribution in [0.2, 0.25) is 0 Å². The summed E-state index contributed by atoms with van der Waals surface area (Å²) in [5.74, 6) is 0.945. The highest BCUT2D eigenvalue weighted by Gasteiger charge is 2.00. The first-order chi connectivity index (χ1) is 7.78. The molecule has 4 heteroatoms. The average molecular weight is 250 g/mol. The topological polar surface area (TPSA) is 38.9 Å². The summed E-state index contributed by atoms with van der Waals surface area (Å²) in [5, 5.41) is 3.28. The van der Waals surface area contributed by atoms with Gasteiger partial charge in [-0.1, -0.05) is 12.1 Å². The van der Waals surface area contributed by atoms with Gasteiger partial charge in [0, 0.05) is 22.5 Å². The molecule has 1 aromatic heterocycles. The normalized spacial score (nSPS) is 10.6. The van der Waals surface area contributed by atoms with Crippen molar-refractivity contribution in [2.75, 3.05) is 0 Å². The molecular weight excluding hydrogens is 236 g/mol. The standard InChI is InChI=1S/C12H14N2S2/c1-9-7-16-12(14-9)8-15-11-4-2-10(6-13)3-5-11/h2-5,7H,6,8,13H2,1H3. The zero-order chi connectivity index (χ0) is 11.4. The maximum Gasteiger partial charge on any atom is 0.103 e. The number of hydrogen-bond donors (Lipinski definition) is 1. The van der Waals surface area contributed by atoms with E-state index in [2.05, 4.69) is 34.6 Å². The van der Waals surface area contributed by atoms with Gasteiger partial charge in [0.15, 0.2) is 0 Å². The van der Waals surface area contributed by atoms with Crippen LogP contribution in [0.5, 0.6) is 0 Å². The summed E-state index contributed by atoms with van der Waals surface area (Å²) >= 11 is 3.54. The van der Waals surface area contributed by atoms with E-state index in [1.54, 1.807) is 11.3 Å². The molecule has 0 aliphatic rings. The highest BCUT2D eigenvalue weighted by atomic mass is 32.2. The van der Waals surface area contributed by atoms with Crippen molar-refractivity contribution < 1.29 is 0 Å². The van der Waals surface area contributed by atoms with E-state index in [4.69, 9.17) is 5.73 Å². The third-order valence-corrected chi connectivity index (χ3v) is 4.36. The molecule has 0 bridgehead atoms. The van der Waals surface area contributed by atoms with Crippen molar-refractivity contribution in [1.82, 2.24) is 4.98 Å². The van der Waals surface area contributed by atoms with Crippen LogP contribution in [0.4, 0.5) is 0 Å². The zero-order valence-electron chi connectivity index (χ0n) is 9.14. The largest absolute Gasteiger partial charge is 0.326 e. The zero-order valence-corrected chi connectivity index (χ0v) is 10.8. The lowest BCUT2D eigenvalue weighted by atomic mass is 10.2. The second-order valence-corrected chi connectivity index (χ2v) is 5.51. The predicted molar refractivity (Wildman–Crippen MR) is 70.7 cm³/mol. The maximum atomic E-state index is 5.55. The summed E-state index contributed by atoms with van der Waals surface area (Å²) in [7, 11) is 0. The molecule has 0 radical (unpaired) electrons. The van der Waals surface area contributed by atoms with Crippen molar-refractivity contribution >= 4 is 23.1 Å². The van der Waals surface area contributed by atoms with Crippen molar-refractivity contribution in [3.8, 4) is 0 Å². The summed E-state index contributed by atoms with van der Waals surface area (Å²) < 4.78 is 0. The van der Waals surface area contributed by atoms with Gasteiger partial charge in [-0.05, 0) is 24.6 Å². The Bertz CT molecular complexity index is 448. The Morgan fingerprint density at radius 1 is 1.31 bits per heavy atom. The highest BCUT2D eigenvalue weighted by molar-refractivity contribution is 7.98. The van der Waals surface area contributed by atoms with Crippen LogP contribution in [-0.2, 0) is 12.3 Å². The molecule has 0 atom stereocenters. The van der Waals surface area contributed by atoms with Gasteiger partial charge in [0.25, 0.3) is 0 Å². The second kappa shape index (κ2) is 5.48. The van der Waals surface area contributed by atoms with Crippen LogP contribution < -0.4 is 5.73 Å². The molecule has 2 rings (SSSR count). The van der Waals surface area contributed by atoms with Gasteiger partial charge in [0.1, 0.15) is 5.01 Å².